The van der Waals surface area contributed by atoms with Gasteiger partial charge in [-0.2, -0.15) is 9.36 Å². The van der Waals surface area contributed by atoms with Gasteiger partial charge in [0.1, 0.15) is 17.2 Å². The lowest BCUT2D eigenvalue weighted by atomic mass is 10.2. The number of nitrogens with zero attached hydrogens (tertiary/aromatic N) is 5. The third kappa shape index (κ3) is 4.43. The van der Waals surface area contributed by atoms with Gasteiger partial charge >= 0.3 is 0 Å². The second-order valence-corrected chi connectivity index (χ2v) is 7.26. The summed E-state index contributed by atoms with van der Waals surface area (Å²) in [5.41, 5.74) is 3.09. The Bertz CT molecular complexity index is 1150. The van der Waals surface area contributed by atoms with Gasteiger partial charge in [0.2, 0.25) is 5.13 Å². The molecule has 2 heterocycles. The van der Waals surface area contributed by atoms with E-state index < -0.39 is 0 Å². The van der Waals surface area contributed by atoms with Gasteiger partial charge in [0.05, 0.1) is 32.2 Å². The number of nitrogens with one attached hydrogen (secondary N) is 1. The number of ether oxygens (including phenoxy) is 3. The van der Waals surface area contributed by atoms with E-state index in [-0.39, 0.29) is 0 Å². The van der Waals surface area contributed by atoms with E-state index in [9.17, 15) is 0 Å². The fourth-order valence-electron chi connectivity index (χ4n) is 2.99. The lowest BCUT2D eigenvalue weighted by molar-refractivity contribution is 0.340. The lowest BCUT2D eigenvalue weighted by Gasteiger charge is -2.09. The van der Waals surface area contributed by atoms with E-state index in [1.54, 1.807) is 25.0 Å². The zero-order valence-electron chi connectivity index (χ0n) is 17.6. The summed E-state index contributed by atoms with van der Waals surface area (Å²) >= 11 is 1.26. The number of aromatic nitrogens is 5. The van der Waals surface area contributed by atoms with Crippen LogP contribution in [0.4, 0.5) is 10.8 Å². The molecule has 1 N–H and O–H groups in total. The highest BCUT2D eigenvalue weighted by molar-refractivity contribution is 7.09. The highest BCUT2D eigenvalue weighted by atomic mass is 32.1. The van der Waals surface area contributed by atoms with Crippen LogP contribution in [0.25, 0.3) is 17.2 Å². The fourth-order valence-corrected chi connectivity index (χ4v) is 3.58. The summed E-state index contributed by atoms with van der Waals surface area (Å²) in [6, 6.07) is 13.2. The Morgan fingerprint density at radius 1 is 1.00 bits per heavy atom. The third-order valence-electron chi connectivity index (χ3n) is 4.53. The minimum atomic E-state index is 0.511. The minimum Gasteiger partial charge on any atom is -0.497 e. The molecule has 0 spiro atoms. The van der Waals surface area contributed by atoms with Crippen molar-refractivity contribution in [2.75, 3.05) is 26.1 Å². The van der Waals surface area contributed by atoms with E-state index in [4.69, 9.17) is 14.2 Å². The fraction of sp³-hybridized carbons (Fsp3) is 0.238. The predicted molar refractivity (Wildman–Crippen MR) is 119 cm³/mol. The molecule has 0 aliphatic rings. The van der Waals surface area contributed by atoms with Crippen molar-refractivity contribution in [3.8, 4) is 34.5 Å². The zero-order valence-corrected chi connectivity index (χ0v) is 18.4. The van der Waals surface area contributed by atoms with E-state index in [2.05, 4.69) is 25.0 Å². The number of benzene rings is 2. The van der Waals surface area contributed by atoms with Gasteiger partial charge < -0.3 is 19.5 Å². The number of hydrogen-bond acceptors (Lipinski definition) is 9. The Morgan fingerprint density at radius 2 is 1.71 bits per heavy atom. The van der Waals surface area contributed by atoms with Crippen molar-refractivity contribution < 1.29 is 14.2 Å². The summed E-state index contributed by atoms with van der Waals surface area (Å²) in [4.78, 5) is 4.57. The van der Waals surface area contributed by atoms with E-state index in [0.717, 1.165) is 22.8 Å². The maximum atomic E-state index is 5.47. The standard InChI is InChI=1S/C21H22N6O3S/c1-5-30-16-8-6-14(7-9-16)22-21-23-20(25-31-21)19-13(2)27(26-24-19)15-10-17(28-3)12-18(11-15)29-4/h6-12H,5H2,1-4H3,(H,22,23,25). The lowest BCUT2D eigenvalue weighted by Crippen LogP contribution is -2.01. The van der Waals surface area contributed by atoms with Crippen molar-refractivity contribution in [1.29, 1.82) is 0 Å². The summed E-state index contributed by atoms with van der Waals surface area (Å²) in [6.45, 7) is 4.51. The third-order valence-corrected chi connectivity index (χ3v) is 5.16. The highest BCUT2D eigenvalue weighted by Gasteiger charge is 2.18. The molecule has 9 nitrogen and oxygen atoms in total. The normalized spacial score (nSPS) is 10.7. The SMILES string of the molecule is CCOc1ccc(Nc2nc(-c3nnn(-c4cc(OC)cc(OC)c4)c3C)ns2)cc1. The van der Waals surface area contributed by atoms with Gasteiger partial charge in [0, 0.05) is 35.4 Å². The van der Waals surface area contributed by atoms with E-state index in [0.29, 0.717) is 34.8 Å². The van der Waals surface area contributed by atoms with Crippen LogP contribution in [0.2, 0.25) is 0 Å². The molecule has 160 valence electrons. The van der Waals surface area contributed by atoms with E-state index >= 15 is 0 Å². The first-order valence-electron chi connectivity index (χ1n) is 9.61. The highest BCUT2D eigenvalue weighted by Crippen LogP contribution is 2.29. The van der Waals surface area contributed by atoms with Gasteiger partial charge in [-0.3, -0.25) is 0 Å². The Labute approximate surface area is 183 Å². The summed E-state index contributed by atoms with van der Waals surface area (Å²) in [6.07, 6.45) is 0. The summed E-state index contributed by atoms with van der Waals surface area (Å²) < 4.78 is 22.3. The van der Waals surface area contributed by atoms with E-state index in [1.165, 1.54) is 11.5 Å². The second kappa shape index (κ2) is 9.00. The monoisotopic (exact) mass is 438 g/mol. The molecule has 0 saturated heterocycles. The summed E-state index contributed by atoms with van der Waals surface area (Å²) in [5, 5.41) is 12.5. The Kier molecular flexibility index (Phi) is 5.99. The molecule has 10 heteroatoms. The molecule has 31 heavy (non-hydrogen) atoms. The average Bonchev–Trinajstić information content (AvgIpc) is 3.41. The van der Waals surface area contributed by atoms with Crippen molar-refractivity contribution in [1.82, 2.24) is 24.4 Å². The maximum Gasteiger partial charge on any atom is 0.207 e. The van der Waals surface area contributed by atoms with Crippen LogP contribution in [0.1, 0.15) is 12.6 Å². The van der Waals surface area contributed by atoms with Crippen molar-refractivity contribution in [2.24, 2.45) is 0 Å². The largest absolute Gasteiger partial charge is 0.497 e. The summed E-state index contributed by atoms with van der Waals surface area (Å²) in [5.74, 6) is 2.67. The minimum absolute atomic E-state index is 0.511. The molecule has 0 atom stereocenters. The smallest absolute Gasteiger partial charge is 0.207 e. The molecule has 0 bridgehead atoms. The Hall–Kier alpha value is -3.66. The van der Waals surface area contributed by atoms with Crippen molar-refractivity contribution in [2.45, 2.75) is 13.8 Å². The zero-order chi connectivity index (χ0) is 21.8. The second-order valence-electron chi connectivity index (χ2n) is 6.51. The van der Waals surface area contributed by atoms with Crippen molar-refractivity contribution in [3.63, 3.8) is 0 Å². The molecule has 0 aliphatic carbocycles. The van der Waals surface area contributed by atoms with Crippen LogP contribution in [0.5, 0.6) is 17.2 Å². The molecule has 2 aromatic heterocycles. The van der Waals surface area contributed by atoms with Crippen LogP contribution in [-0.4, -0.2) is 45.2 Å². The van der Waals surface area contributed by atoms with Crippen LogP contribution in [0.15, 0.2) is 42.5 Å². The molecule has 0 amide bonds. The van der Waals surface area contributed by atoms with Gasteiger partial charge in [-0.05, 0) is 38.1 Å². The van der Waals surface area contributed by atoms with Crippen molar-refractivity contribution in [3.05, 3.63) is 48.2 Å². The molecule has 0 aliphatic heterocycles. The molecule has 2 aromatic carbocycles. The molecule has 0 saturated carbocycles. The number of hydrogen-bond donors (Lipinski definition) is 1. The van der Waals surface area contributed by atoms with Crippen LogP contribution in [0, 0.1) is 6.92 Å². The number of anilines is 2. The first-order chi connectivity index (χ1) is 15.1. The first kappa shape index (κ1) is 20.6. The Balaban J connectivity index is 1.57. The average molecular weight is 439 g/mol. The van der Waals surface area contributed by atoms with Gasteiger partial charge in [-0.25, -0.2) is 4.68 Å². The molecular formula is C21H22N6O3S. The van der Waals surface area contributed by atoms with Gasteiger partial charge in [-0.15, -0.1) is 5.10 Å². The molecule has 4 aromatic rings. The molecule has 0 radical (unpaired) electrons. The van der Waals surface area contributed by atoms with Crippen LogP contribution < -0.4 is 19.5 Å². The topological polar surface area (TPSA) is 96.2 Å². The quantitative estimate of drug-likeness (QED) is 0.436. The summed E-state index contributed by atoms with van der Waals surface area (Å²) in [7, 11) is 3.21. The Morgan fingerprint density at radius 3 is 2.35 bits per heavy atom. The number of rotatable bonds is 8. The molecule has 0 unspecified atom stereocenters. The van der Waals surface area contributed by atoms with Gasteiger partial charge in [0.25, 0.3) is 0 Å². The van der Waals surface area contributed by atoms with Crippen LogP contribution in [0.3, 0.4) is 0 Å². The van der Waals surface area contributed by atoms with Crippen LogP contribution >= 0.6 is 11.5 Å². The maximum absolute atomic E-state index is 5.47. The number of methoxy groups -OCH3 is 2. The first-order valence-corrected chi connectivity index (χ1v) is 10.4. The molecular weight excluding hydrogens is 416 g/mol. The van der Waals surface area contributed by atoms with Crippen molar-refractivity contribution >= 4 is 22.4 Å². The molecule has 4 rings (SSSR count). The van der Waals surface area contributed by atoms with E-state index in [1.807, 2.05) is 50.2 Å². The van der Waals surface area contributed by atoms with Gasteiger partial charge in [0.15, 0.2) is 11.5 Å². The van der Waals surface area contributed by atoms with Gasteiger partial charge in [-0.1, -0.05) is 5.21 Å². The van der Waals surface area contributed by atoms with Crippen LogP contribution in [-0.2, 0) is 0 Å². The molecule has 0 fully saturated rings. The predicted octanol–water partition coefficient (Wildman–Crippen LogP) is 4.25.